The fraction of sp³-hybridized carbons (Fsp3) is 0.100. The van der Waals surface area contributed by atoms with Gasteiger partial charge in [-0.2, -0.15) is 10.1 Å². The molecule has 17 heavy (non-hydrogen) atoms. The predicted octanol–water partition coefficient (Wildman–Crippen LogP) is 2.59. The van der Waals surface area contributed by atoms with Crippen molar-refractivity contribution in [3.63, 3.8) is 0 Å². The Morgan fingerprint density at radius 3 is 2.82 bits per heavy atom. The number of nitrogens with one attached hydrogen (secondary N) is 1. The molecular weight excluding hydrogens is 352 g/mol. The number of hydrogen-bond donors (Lipinski definition) is 1. The average Bonchev–Trinajstić information content (AvgIpc) is 2.68. The molecule has 2 rings (SSSR count). The minimum atomic E-state index is -0.241. The van der Waals surface area contributed by atoms with E-state index in [4.69, 9.17) is 0 Å². The van der Waals surface area contributed by atoms with Crippen molar-refractivity contribution in [3.8, 4) is 0 Å². The number of hydrogen-bond acceptors (Lipinski definition) is 3. The summed E-state index contributed by atoms with van der Waals surface area (Å²) in [5, 5.41) is 6.55. The van der Waals surface area contributed by atoms with E-state index in [2.05, 4.69) is 47.3 Å². The average molecular weight is 360 g/mol. The second-order valence-electron chi connectivity index (χ2n) is 3.29. The molecule has 0 saturated carbocycles. The summed E-state index contributed by atoms with van der Waals surface area (Å²) in [6.45, 7) is 0. The molecule has 1 amide bonds. The highest BCUT2D eigenvalue weighted by molar-refractivity contribution is 9.11. The van der Waals surface area contributed by atoms with E-state index in [-0.39, 0.29) is 5.91 Å². The molecule has 88 valence electrons. The molecule has 0 aliphatic rings. The van der Waals surface area contributed by atoms with Gasteiger partial charge in [-0.05, 0) is 34.1 Å². The summed E-state index contributed by atoms with van der Waals surface area (Å²) in [5.74, 6) is 0.163. The molecule has 0 atom stereocenters. The van der Waals surface area contributed by atoms with Crippen LogP contribution in [0.15, 0.2) is 33.5 Å². The van der Waals surface area contributed by atoms with Gasteiger partial charge in [0.25, 0.3) is 5.91 Å². The van der Waals surface area contributed by atoms with E-state index >= 15 is 0 Å². The van der Waals surface area contributed by atoms with Gasteiger partial charge in [0.2, 0.25) is 5.95 Å². The third-order valence-corrected chi connectivity index (χ3v) is 3.29. The molecule has 0 spiro atoms. The summed E-state index contributed by atoms with van der Waals surface area (Å²) >= 11 is 6.65. The maximum atomic E-state index is 12.0. The molecule has 0 bridgehead atoms. The summed E-state index contributed by atoms with van der Waals surface area (Å²) in [4.78, 5) is 15.9. The number of halogens is 2. The molecule has 1 heterocycles. The predicted molar refractivity (Wildman–Crippen MR) is 70.8 cm³/mol. The van der Waals surface area contributed by atoms with Gasteiger partial charge in [0, 0.05) is 16.0 Å². The lowest BCUT2D eigenvalue weighted by Gasteiger charge is -2.06. The molecule has 1 aromatic heterocycles. The van der Waals surface area contributed by atoms with Crippen molar-refractivity contribution < 1.29 is 4.79 Å². The molecule has 0 radical (unpaired) electrons. The Morgan fingerprint density at radius 2 is 2.18 bits per heavy atom. The lowest BCUT2D eigenvalue weighted by atomic mass is 10.2. The van der Waals surface area contributed by atoms with E-state index in [1.165, 1.54) is 11.0 Å². The van der Waals surface area contributed by atoms with Crippen molar-refractivity contribution in [2.45, 2.75) is 0 Å². The van der Waals surface area contributed by atoms with Crippen LogP contribution in [-0.4, -0.2) is 20.7 Å². The minimum absolute atomic E-state index is 0.241. The Kier molecular flexibility index (Phi) is 3.58. The summed E-state index contributed by atoms with van der Waals surface area (Å²) in [6, 6.07) is 5.38. The molecule has 0 fully saturated rings. The fourth-order valence-electron chi connectivity index (χ4n) is 1.25. The van der Waals surface area contributed by atoms with Crippen molar-refractivity contribution in [1.82, 2.24) is 14.8 Å². The van der Waals surface area contributed by atoms with Gasteiger partial charge < -0.3 is 0 Å². The molecule has 7 heteroatoms. The summed E-state index contributed by atoms with van der Waals surface area (Å²) in [6.07, 6.45) is 1.38. The molecule has 1 aromatic carbocycles. The van der Waals surface area contributed by atoms with Gasteiger partial charge >= 0.3 is 0 Å². The Bertz CT molecular complexity index is 567. The van der Waals surface area contributed by atoms with E-state index in [9.17, 15) is 4.79 Å². The van der Waals surface area contributed by atoms with Gasteiger partial charge in [0.05, 0.1) is 5.56 Å². The Hall–Kier alpha value is -1.21. The summed E-state index contributed by atoms with van der Waals surface area (Å²) in [5.41, 5.74) is 0.530. The SMILES string of the molecule is Cn1ncnc1NC(=O)c1cc(Br)ccc1Br. The van der Waals surface area contributed by atoms with Gasteiger partial charge in [0.15, 0.2) is 0 Å². The Labute approximate surface area is 114 Å². The third-order valence-electron chi connectivity index (χ3n) is 2.11. The number of aryl methyl sites for hydroxylation is 1. The number of rotatable bonds is 2. The number of aromatic nitrogens is 3. The topological polar surface area (TPSA) is 59.8 Å². The van der Waals surface area contributed by atoms with E-state index in [1.54, 1.807) is 19.2 Å². The monoisotopic (exact) mass is 358 g/mol. The van der Waals surface area contributed by atoms with Crippen molar-refractivity contribution in [3.05, 3.63) is 39.0 Å². The second kappa shape index (κ2) is 4.97. The van der Waals surface area contributed by atoms with Crippen LogP contribution in [0.1, 0.15) is 10.4 Å². The summed E-state index contributed by atoms with van der Waals surface area (Å²) in [7, 11) is 1.71. The lowest BCUT2D eigenvalue weighted by Crippen LogP contribution is -2.15. The highest BCUT2D eigenvalue weighted by Crippen LogP contribution is 2.22. The highest BCUT2D eigenvalue weighted by atomic mass is 79.9. The summed E-state index contributed by atoms with van der Waals surface area (Å²) < 4.78 is 3.05. The molecule has 0 unspecified atom stereocenters. The van der Waals surface area contributed by atoms with Crippen LogP contribution in [0.2, 0.25) is 0 Å². The molecule has 5 nitrogen and oxygen atoms in total. The Morgan fingerprint density at radius 1 is 1.41 bits per heavy atom. The Balaban J connectivity index is 2.26. The lowest BCUT2D eigenvalue weighted by molar-refractivity contribution is 0.102. The van der Waals surface area contributed by atoms with Crippen LogP contribution in [0, 0.1) is 0 Å². The maximum absolute atomic E-state index is 12.0. The largest absolute Gasteiger partial charge is 0.291 e. The number of benzene rings is 1. The molecular formula is C10H8Br2N4O. The van der Waals surface area contributed by atoms with E-state index in [1.807, 2.05) is 6.07 Å². The highest BCUT2D eigenvalue weighted by Gasteiger charge is 2.12. The third kappa shape index (κ3) is 2.73. The number of anilines is 1. The first-order chi connectivity index (χ1) is 8.08. The van der Waals surface area contributed by atoms with Crippen molar-refractivity contribution in [1.29, 1.82) is 0 Å². The van der Waals surface area contributed by atoms with Crippen LogP contribution in [-0.2, 0) is 7.05 Å². The minimum Gasteiger partial charge on any atom is -0.291 e. The molecule has 0 saturated heterocycles. The number of nitrogens with zero attached hydrogens (tertiary/aromatic N) is 3. The van der Waals surface area contributed by atoms with Gasteiger partial charge in [-0.15, -0.1) is 0 Å². The first-order valence-electron chi connectivity index (χ1n) is 4.68. The first kappa shape index (κ1) is 12.3. The van der Waals surface area contributed by atoms with Crippen LogP contribution in [0.4, 0.5) is 5.95 Å². The quantitative estimate of drug-likeness (QED) is 0.896. The number of amides is 1. The maximum Gasteiger partial charge on any atom is 0.259 e. The second-order valence-corrected chi connectivity index (χ2v) is 5.06. The van der Waals surface area contributed by atoms with Gasteiger partial charge in [-0.3, -0.25) is 10.1 Å². The first-order valence-corrected chi connectivity index (χ1v) is 6.27. The number of carbonyl (C=O) groups is 1. The standard InChI is InChI=1S/C10H8Br2N4O/c1-16-10(13-5-14-16)15-9(17)7-4-6(11)2-3-8(7)12/h2-5H,1H3,(H,13,14,15,17). The van der Waals surface area contributed by atoms with Gasteiger partial charge in [-0.25, -0.2) is 4.68 Å². The molecule has 0 aliphatic heterocycles. The van der Waals surface area contributed by atoms with Crippen molar-refractivity contribution in [2.24, 2.45) is 7.05 Å². The fourth-order valence-corrected chi connectivity index (χ4v) is 2.04. The smallest absolute Gasteiger partial charge is 0.259 e. The van der Waals surface area contributed by atoms with Crippen LogP contribution < -0.4 is 5.32 Å². The van der Waals surface area contributed by atoms with Crippen molar-refractivity contribution >= 4 is 43.7 Å². The van der Waals surface area contributed by atoms with E-state index in [0.717, 1.165) is 8.95 Å². The van der Waals surface area contributed by atoms with Crippen LogP contribution in [0.3, 0.4) is 0 Å². The van der Waals surface area contributed by atoms with E-state index < -0.39 is 0 Å². The zero-order chi connectivity index (χ0) is 12.4. The van der Waals surface area contributed by atoms with Crippen molar-refractivity contribution in [2.75, 3.05) is 5.32 Å². The van der Waals surface area contributed by atoms with Gasteiger partial charge in [0.1, 0.15) is 6.33 Å². The van der Waals surface area contributed by atoms with Gasteiger partial charge in [-0.1, -0.05) is 15.9 Å². The van der Waals surface area contributed by atoms with Crippen LogP contribution in [0.25, 0.3) is 0 Å². The molecule has 1 N–H and O–H groups in total. The normalized spacial score (nSPS) is 10.3. The zero-order valence-electron chi connectivity index (χ0n) is 8.82. The van der Waals surface area contributed by atoms with E-state index in [0.29, 0.717) is 11.5 Å². The zero-order valence-corrected chi connectivity index (χ0v) is 12.0. The van der Waals surface area contributed by atoms with Crippen LogP contribution in [0.5, 0.6) is 0 Å². The molecule has 2 aromatic rings. The molecule has 0 aliphatic carbocycles. The van der Waals surface area contributed by atoms with Crippen LogP contribution >= 0.6 is 31.9 Å². The number of carbonyl (C=O) groups excluding carboxylic acids is 1.